The standard InChI is InChI=1S/C25H31NO4/c27-21(18-30-22-8-4-3-5-9-22)16-12-19-13-17-24(28)23(19)10-6-1-2-7-11-25(29)26-20-14-15-20/h1,3-6,8-9,12,16,20-21,27H,2,7,10-11,13-15,17-18H2,(H,26,29)/t21-/m1/s1. The maximum absolute atomic E-state index is 12.2. The normalized spacial score (nSPS) is 17.8. The van der Waals surface area contributed by atoms with Crippen molar-refractivity contribution in [1.82, 2.24) is 5.32 Å². The molecular weight excluding hydrogens is 378 g/mol. The highest BCUT2D eigenvalue weighted by atomic mass is 16.5. The number of benzene rings is 1. The quantitative estimate of drug-likeness (QED) is 0.404. The highest BCUT2D eigenvalue weighted by Crippen LogP contribution is 2.27. The Balaban J connectivity index is 1.40. The van der Waals surface area contributed by atoms with E-state index in [1.165, 1.54) is 0 Å². The minimum Gasteiger partial charge on any atom is -0.491 e. The molecule has 2 aliphatic carbocycles. The monoisotopic (exact) mass is 409 g/mol. The Labute approximate surface area is 178 Å². The van der Waals surface area contributed by atoms with Gasteiger partial charge in [-0.05, 0) is 56.2 Å². The van der Waals surface area contributed by atoms with E-state index < -0.39 is 6.10 Å². The summed E-state index contributed by atoms with van der Waals surface area (Å²) < 4.78 is 5.55. The number of rotatable bonds is 12. The van der Waals surface area contributed by atoms with Crippen LogP contribution in [-0.2, 0) is 9.59 Å². The van der Waals surface area contributed by atoms with Gasteiger partial charge < -0.3 is 15.2 Å². The van der Waals surface area contributed by atoms with Crippen LogP contribution in [0.1, 0.15) is 51.4 Å². The SMILES string of the molecule is O=C(CCCC=CCC1=C(C=C[C@@H](O)COc2ccccc2)CCC1=O)NC1CC1. The van der Waals surface area contributed by atoms with Gasteiger partial charge in [0.1, 0.15) is 18.5 Å². The molecule has 2 N–H and O–H groups in total. The molecule has 2 aliphatic rings. The number of ketones is 1. The number of hydrogen-bond acceptors (Lipinski definition) is 4. The fourth-order valence-electron chi connectivity index (χ4n) is 3.37. The molecule has 160 valence electrons. The second-order valence-corrected chi connectivity index (χ2v) is 7.89. The van der Waals surface area contributed by atoms with E-state index in [0.29, 0.717) is 31.7 Å². The molecule has 0 bridgehead atoms. The molecular formula is C25H31NO4. The van der Waals surface area contributed by atoms with Crippen molar-refractivity contribution >= 4 is 11.7 Å². The maximum atomic E-state index is 12.2. The second-order valence-electron chi connectivity index (χ2n) is 7.89. The number of aliphatic hydroxyl groups is 1. The van der Waals surface area contributed by atoms with Crippen LogP contribution in [0.25, 0.3) is 0 Å². The molecule has 1 aromatic carbocycles. The molecule has 0 saturated heterocycles. The zero-order valence-corrected chi connectivity index (χ0v) is 17.4. The summed E-state index contributed by atoms with van der Waals surface area (Å²) in [5, 5.41) is 13.1. The Hall–Kier alpha value is -2.66. The minimum atomic E-state index is -0.730. The first-order chi connectivity index (χ1) is 14.6. The lowest BCUT2D eigenvalue weighted by Crippen LogP contribution is -2.24. The third kappa shape index (κ3) is 7.64. The Kier molecular flexibility index (Phi) is 8.45. The summed E-state index contributed by atoms with van der Waals surface area (Å²) in [6, 6.07) is 9.79. The van der Waals surface area contributed by atoms with Gasteiger partial charge in [-0.25, -0.2) is 0 Å². The first-order valence-corrected chi connectivity index (χ1v) is 10.9. The predicted octanol–water partition coefficient (Wildman–Crippen LogP) is 4.04. The third-order valence-corrected chi connectivity index (χ3v) is 5.23. The van der Waals surface area contributed by atoms with E-state index >= 15 is 0 Å². The van der Waals surface area contributed by atoms with Crippen molar-refractivity contribution in [2.24, 2.45) is 0 Å². The van der Waals surface area contributed by atoms with Crippen molar-refractivity contribution in [3.05, 3.63) is 65.8 Å². The fourth-order valence-corrected chi connectivity index (χ4v) is 3.37. The lowest BCUT2D eigenvalue weighted by molar-refractivity contribution is -0.121. The van der Waals surface area contributed by atoms with E-state index in [0.717, 1.165) is 42.6 Å². The second kappa shape index (κ2) is 11.5. The number of para-hydroxylation sites is 1. The molecule has 1 amide bonds. The number of aliphatic hydroxyl groups excluding tert-OH is 1. The minimum absolute atomic E-state index is 0.141. The average Bonchev–Trinajstić information content (AvgIpc) is 3.50. The van der Waals surface area contributed by atoms with Crippen molar-refractivity contribution < 1.29 is 19.4 Å². The largest absolute Gasteiger partial charge is 0.491 e. The molecule has 5 nitrogen and oxygen atoms in total. The number of carbonyl (C=O) groups is 2. The number of nitrogens with one attached hydrogen (secondary N) is 1. The highest BCUT2D eigenvalue weighted by molar-refractivity contribution is 5.99. The molecule has 30 heavy (non-hydrogen) atoms. The van der Waals surface area contributed by atoms with Crippen molar-refractivity contribution in [3.8, 4) is 5.75 Å². The topological polar surface area (TPSA) is 75.6 Å². The molecule has 1 aromatic rings. The summed E-state index contributed by atoms with van der Waals surface area (Å²) in [5.41, 5.74) is 1.82. The first-order valence-electron chi connectivity index (χ1n) is 10.9. The summed E-state index contributed by atoms with van der Waals surface area (Å²) >= 11 is 0. The molecule has 0 aromatic heterocycles. The van der Waals surface area contributed by atoms with Gasteiger partial charge in [0.25, 0.3) is 0 Å². The van der Waals surface area contributed by atoms with Crippen LogP contribution in [0.4, 0.5) is 0 Å². The number of unbranched alkanes of at least 4 members (excludes halogenated alkanes) is 1. The van der Waals surface area contributed by atoms with E-state index in [9.17, 15) is 14.7 Å². The zero-order valence-electron chi connectivity index (χ0n) is 17.4. The Bertz CT molecular complexity index is 806. The van der Waals surface area contributed by atoms with Crippen LogP contribution < -0.4 is 10.1 Å². The lowest BCUT2D eigenvalue weighted by atomic mass is 10.1. The van der Waals surface area contributed by atoms with E-state index in [1.54, 1.807) is 6.08 Å². The smallest absolute Gasteiger partial charge is 0.220 e. The number of amides is 1. The van der Waals surface area contributed by atoms with Crippen LogP contribution in [0, 0.1) is 0 Å². The summed E-state index contributed by atoms with van der Waals surface area (Å²) in [4.78, 5) is 23.8. The molecule has 0 aliphatic heterocycles. The van der Waals surface area contributed by atoms with Crippen LogP contribution >= 0.6 is 0 Å². The Morgan fingerprint density at radius 1 is 1.20 bits per heavy atom. The van der Waals surface area contributed by atoms with Crippen LogP contribution in [0.15, 0.2) is 65.8 Å². The molecule has 3 rings (SSSR count). The zero-order chi connectivity index (χ0) is 21.2. The van der Waals surface area contributed by atoms with Crippen LogP contribution in [0.5, 0.6) is 5.75 Å². The van der Waals surface area contributed by atoms with Gasteiger partial charge in [-0.3, -0.25) is 9.59 Å². The van der Waals surface area contributed by atoms with Gasteiger partial charge in [0.05, 0.1) is 0 Å². The number of Topliss-reactive ketones (excluding diaryl/α,β-unsaturated/α-hetero) is 1. The molecule has 0 unspecified atom stereocenters. The van der Waals surface area contributed by atoms with E-state index in [-0.39, 0.29) is 18.3 Å². The molecule has 5 heteroatoms. The maximum Gasteiger partial charge on any atom is 0.220 e. The summed E-state index contributed by atoms with van der Waals surface area (Å²) in [5.74, 6) is 1.04. The Morgan fingerprint density at radius 3 is 2.77 bits per heavy atom. The molecule has 1 saturated carbocycles. The van der Waals surface area contributed by atoms with Gasteiger partial charge in [-0.15, -0.1) is 0 Å². The number of carbonyl (C=O) groups excluding carboxylic acids is 2. The first kappa shape index (κ1) is 22.0. The van der Waals surface area contributed by atoms with E-state index in [2.05, 4.69) is 5.32 Å². The molecule has 0 spiro atoms. The molecule has 1 atom stereocenters. The number of allylic oxidation sites excluding steroid dienone is 5. The molecule has 1 fully saturated rings. The summed E-state index contributed by atoms with van der Waals surface area (Å²) in [6.07, 6.45) is 13.2. The lowest BCUT2D eigenvalue weighted by Gasteiger charge is -2.09. The number of ether oxygens (including phenoxy) is 1. The molecule has 0 radical (unpaired) electrons. The van der Waals surface area contributed by atoms with Crippen LogP contribution in [-0.4, -0.2) is 35.5 Å². The number of hydrogen-bond donors (Lipinski definition) is 2. The van der Waals surface area contributed by atoms with Crippen LogP contribution in [0.3, 0.4) is 0 Å². The third-order valence-electron chi connectivity index (χ3n) is 5.23. The van der Waals surface area contributed by atoms with Crippen molar-refractivity contribution in [1.29, 1.82) is 0 Å². The summed E-state index contributed by atoms with van der Waals surface area (Å²) in [7, 11) is 0. The van der Waals surface area contributed by atoms with Gasteiger partial charge in [-0.2, -0.15) is 0 Å². The van der Waals surface area contributed by atoms with Gasteiger partial charge in [-0.1, -0.05) is 42.5 Å². The average molecular weight is 410 g/mol. The summed E-state index contributed by atoms with van der Waals surface area (Å²) in [6.45, 7) is 0.172. The fraction of sp³-hybridized carbons (Fsp3) is 0.440. The van der Waals surface area contributed by atoms with Gasteiger partial charge in [0.15, 0.2) is 5.78 Å². The van der Waals surface area contributed by atoms with E-state index in [1.807, 2.05) is 48.6 Å². The van der Waals surface area contributed by atoms with Crippen molar-refractivity contribution in [3.63, 3.8) is 0 Å². The van der Waals surface area contributed by atoms with Gasteiger partial charge in [0, 0.05) is 24.5 Å². The van der Waals surface area contributed by atoms with Crippen molar-refractivity contribution in [2.75, 3.05) is 6.61 Å². The van der Waals surface area contributed by atoms with Gasteiger partial charge in [0.2, 0.25) is 5.91 Å². The Morgan fingerprint density at radius 2 is 2.00 bits per heavy atom. The predicted molar refractivity (Wildman–Crippen MR) is 117 cm³/mol. The highest BCUT2D eigenvalue weighted by Gasteiger charge is 2.22. The van der Waals surface area contributed by atoms with E-state index in [4.69, 9.17) is 4.74 Å². The van der Waals surface area contributed by atoms with Crippen LogP contribution in [0.2, 0.25) is 0 Å². The van der Waals surface area contributed by atoms with Gasteiger partial charge >= 0.3 is 0 Å². The van der Waals surface area contributed by atoms with Crippen molar-refractivity contribution in [2.45, 2.75) is 63.5 Å². The molecule has 0 heterocycles.